The number of benzene rings is 1. The second kappa shape index (κ2) is 5.24. The molecule has 88 valence electrons. The minimum absolute atomic E-state index is 0.542. The molecule has 16 heavy (non-hydrogen) atoms. The summed E-state index contributed by atoms with van der Waals surface area (Å²) < 4.78 is 0. The van der Waals surface area contributed by atoms with E-state index in [9.17, 15) is 0 Å². The van der Waals surface area contributed by atoms with E-state index in [1.807, 2.05) is 0 Å². The molecule has 1 aromatic carbocycles. The Labute approximate surface area is 103 Å². The van der Waals surface area contributed by atoms with Crippen LogP contribution in [-0.2, 0) is 6.42 Å². The standard InChI is InChI=1S/C14H21NS/c1-10(2)9-16-13-8-11-6-4-5-7-12(11)14(13)15-3/h4-7,10,13-15H,8-9H2,1-3H3. The maximum atomic E-state index is 3.47. The fourth-order valence-corrected chi connectivity index (χ4v) is 3.78. The van der Waals surface area contributed by atoms with Crippen molar-refractivity contribution in [2.45, 2.75) is 31.6 Å². The van der Waals surface area contributed by atoms with E-state index in [1.54, 1.807) is 0 Å². The number of rotatable bonds is 4. The average Bonchev–Trinajstić information content (AvgIpc) is 2.63. The van der Waals surface area contributed by atoms with Crippen LogP contribution in [0.15, 0.2) is 24.3 Å². The Balaban J connectivity index is 2.08. The predicted octanol–water partition coefficient (Wildman–Crippen LogP) is 3.26. The predicted molar refractivity (Wildman–Crippen MR) is 73.0 cm³/mol. The van der Waals surface area contributed by atoms with Crippen LogP contribution >= 0.6 is 11.8 Å². The summed E-state index contributed by atoms with van der Waals surface area (Å²) in [5, 5.41) is 4.19. The van der Waals surface area contributed by atoms with Gasteiger partial charge in [-0.1, -0.05) is 38.1 Å². The molecule has 0 aromatic heterocycles. The molecule has 0 aliphatic heterocycles. The molecular weight excluding hydrogens is 214 g/mol. The molecule has 0 amide bonds. The van der Waals surface area contributed by atoms with E-state index in [2.05, 4.69) is 62.2 Å². The summed E-state index contributed by atoms with van der Waals surface area (Å²) in [5.74, 6) is 2.04. The largest absolute Gasteiger partial charge is 0.312 e. The zero-order valence-electron chi connectivity index (χ0n) is 10.4. The van der Waals surface area contributed by atoms with Crippen molar-refractivity contribution in [2.75, 3.05) is 12.8 Å². The highest BCUT2D eigenvalue weighted by Crippen LogP contribution is 2.38. The lowest BCUT2D eigenvalue weighted by Gasteiger charge is -2.20. The van der Waals surface area contributed by atoms with E-state index in [4.69, 9.17) is 0 Å². The zero-order chi connectivity index (χ0) is 11.5. The number of hydrogen-bond acceptors (Lipinski definition) is 2. The van der Waals surface area contributed by atoms with Gasteiger partial charge in [-0.25, -0.2) is 0 Å². The van der Waals surface area contributed by atoms with E-state index in [1.165, 1.54) is 23.3 Å². The van der Waals surface area contributed by atoms with Gasteiger partial charge < -0.3 is 5.32 Å². The van der Waals surface area contributed by atoms with Crippen molar-refractivity contribution in [1.29, 1.82) is 0 Å². The first-order chi connectivity index (χ1) is 7.72. The summed E-state index contributed by atoms with van der Waals surface area (Å²) in [7, 11) is 2.08. The van der Waals surface area contributed by atoms with Crippen LogP contribution in [0, 0.1) is 5.92 Å². The van der Waals surface area contributed by atoms with E-state index < -0.39 is 0 Å². The SMILES string of the molecule is CNC1c2ccccc2CC1SCC(C)C. The molecule has 0 bridgehead atoms. The second-order valence-corrected chi connectivity index (χ2v) is 6.21. The quantitative estimate of drug-likeness (QED) is 0.859. The van der Waals surface area contributed by atoms with Gasteiger partial charge in [-0.3, -0.25) is 0 Å². The first-order valence-corrected chi connectivity index (χ1v) is 7.14. The lowest BCUT2D eigenvalue weighted by atomic mass is 10.1. The molecule has 1 aromatic rings. The van der Waals surface area contributed by atoms with Crippen molar-refractivity contribution in [1.82, 2.24) is 5.32 Å². The molecule has 0 radical (unpaired) electrons. The number of fused-ring (bicyclic) bond motifs is 1. The van der Waals surface area contributed by atoms with Gasteiger partial charge in [-0.15, -0.1) is 0 Å². The zero-order valence-corrected chi connectivity index (χ0v) is 11.2. The lowest BCUT2D eigenvalue weighted by molar-refractivity contribution is 0.601. The fraction of sp³-hybridized carbons (Fsp3) is 0.571. The smallest absolute Gasteiger partial charge is 0.0444 e. The lowest BCUT2D eigenvalue weighted by Crippen LogP contribution is -2.24. The topological polar surface area (TPSA) is 12.0 Å². The first kappa shape index (κ1) is 12.0. The van der Waals surface area contributed by atoms with Crippen molar-refractivity contribution < 1.29 is 0 Å². The summed E-state index contributed by atoms with van der Waals surface area (Å²) in [6.45, 7) is 4.59. The van der Waals surface area contributed by atoms with Crippen LogP contribution in [0.2, 0.25) is 0 Å². The Morgan fingerprint density at radius 2 is 2.12 bits per heavy atom. The molecular formula is C14H21NS. The van der Waals surface area contributed by atoms with Gasteiger partial charge in [0.05, 0.1) is 0 Å². The normalized spacial score (nSPS) is 23.8. The molecule has 2 atom stereocenters. The minimum Gasteiger partial charge on any atom is -0.312 e. The third kappa shape index (κ3) is 2.44. The van der Waals surface area contributed by atoms with E-state index in [-0.39, 0.29) is 0 Å². The van der Waals surface area contributed by atoms with Crippen molar-refractivity contribution in [3.05, 3.63) is 35.4 Å². The van der Waals surface area contributed by atoms with Gasteiger partial charge in [0, 0.05) is 11.3 Å². The second-order valence-electron chi connectivity index (χ2n) is 4.93. The van der Waals surface area contributed by atoms with Crippen LogP contribution in [0.5, 0.6) is 0 Å². The average molecular weight is 235 g/mol. The van der Waals surface area contributed by atoms with Crippen LogP contribution in [0.4, 0.5) is 0 Å². The van der Waals surface area contributed by atoms with E-state index in [0.717, 1.165) is 5.92 Å². The van der Waals surface area contributed by atoms with Crippen molar-refractivity contribution >= 4 is 11.8 Å². The number of hydrogen-bond donors (Lipinski definition) is 1. The van der Waals surface area contributed by atoms with Gasteiger partial charge in [0.1, 0.15) is 0 Å². The Morgan fingerprint density at radius 3 is 2.81 bits per heavy atom. The molecule has 0 fully saturated rings. The monoisotopic (exact) mass is 235 g/mol. The van der Waals surface area contributed by atoms with Crippen LogP contribution in [-0.4, -0.2) is 18.1 Å². The highest BCUT2D eigenvalue weighted by atomic mass is 32.2. The summed E-state index contributed by atoms with van der Waals surface area (Å²) >= 11 is 2.12. The molecule has 0 saturated carbocycles. The van der Waals surface area contributed by atoms with Gasteiger partial charge in [0.25, 0.3) is 0 Å². The highest BCUT2D eigenvalue weighted by Gasteiger charge is 2.31. The Kier molecular flexibility index (Phi) is 3.93. The Bertz CT molecular complexity index is 348. The molecule has 1 N–H and O–H groups in total. The van der Waals surface area contributed by atoms with Crippen molar-refractivity contribution in [3.63, 3.8) is 0 Å². The molecule has 2 rings (SSSR count). The summed E-state index contributed by atoms with van der Waals surface area (Å²) in [6.07, 6.45) is 1.22. The van der Waals surface area contributed by atoms with Gasteiger partial charge >= 0.3 is 0 Å². The van der Waals surface area contributed by atoms with Crippen LogP contribution in [0.25, 0.3) is 0 Å². The minimum atomic E-state index is 0.542. The van der Waals surface area contributed by atoms with Gasteiger partial charge in [0.2, 0.25) is 0 Å². The van der Waals surface area contributed by atoms with Gasteiger partial charge in [-0.05, 0) is 36.3 Å². The van der Waals surface area contributed by atoms with Crippen LogP contribution in [0.3, 0.4) is 0 Å². The maximum Gasteiger partial charge on any atom is 0.0444 e. The molecule has 0 heterocycles. The Hall–Kier alpha value is -0.470. The molecule has 2 heteroatoms. The maximum absolute atomic E-state index is 3.47. The fourth-order valence-electron chi connectivity index (χ4n) is 2.37. The molecule has 1 aliphatic rings. The number of nitrogens with one attached hydrogen (secondary N) is 1. The molecule has 0 spiro atoms. The van der Waals surface area contributed by atoms with Crippen LogP contribution < -0.4 is 5.32 Å². The first-order valence-electron chi connectivity index (χ1n) is 6.09. The third-order valence-corrected chi connectivity index (χ3v) is 4.86. The molecule has 1 aliphatic carbocycles. The Morgan fingerprint density at radius 1 is 1.38 bits per heavy atom. The summed E-state index contributed by atoms with van der Waals surface area (Å²) in [4.78, 5) is 0. The third-order valence-electron chi connectivity index (χ3n) is 3.14. The van der Waals surface area contributed by atoms with Crippen LogP contribution in [0.1, 0.15) is 31.0 Å². The molecule has 1 nitrogen and oxygen atoms in total. The van der Waals surface area contributed by atoms with Crippen molar-refractivity contribution in [3.8, 4) is 0 Å². The van der Waals surface area contributed by atoms with Crippen molar-refractivity contribution in [2.24, 2.45) is 5.92 Å². The summed E-state index contributed by atoms with van der Waals surface area (Å²) in [6, 6.07) is 9.39. The molecule has 0 saturated heterocycles. The highest BCUT2D eigenvalue weighted by molar-refractivity contribution is 7.99. The number of thioether (sulfide) groups is 1. The van der Waals surface area contributed by atoms with E-state index in [0.29, 0.717) is 11.3 Å². The van der Waals surface area contributed by atoms with E-state index >= 15 is 0 Å². The van der Waals surface area contributed by atoms with Gasteiger partial charge in [-0.2, -0.15) is 11.8 Å². The summed E-state index contributed by atoms with van der Waals surface area (Å²) in [5.41, 5.74) is 3.04. The van der Waals surface area contributed by atoms with Gasteiger partial charge in [0.15, 0.2) is 0 Å². The molecule has 2 unspecified atom stereocenters.